The van der Waals surface area contributed by atoms with Gasteiger partial charge in [0.25, 0.3) is 5.56 Å². The first-order chi connectivity index (χ1) is 20.6. The fourth-order valence-corrected chi connectivity index (χ4v) is 5.65. The maximum Gasteiger partial charge on any atom is 0.305 e. The van der Waals surface area contributed by atoms with Gasteiger partial charge in [-0.25, -0.2) is 8.78 Å². The van der Waals surface area contributed by atoms with Gasteiger partial charge in [-0.15, -0.1) is 0 Å². The molecule has 0 aliphatic carbocycles. The van der Waals surface area contributed by atoms with E-state index in [1.165, 1.54) is 48.9 Å². The van der Waals surface area contributed by atoms with Crippen molar-refractivity contribution in [2.45, 2.75) is 39.0 Å². The molecular formula is C33H26F2N2O6. The van der Waals surface area contributed by atoms with Crippen LogP contribution in [0.1, 0.15) is 46.3 Å². The van der Waals surface area contributed by atoms with Crippen LogP contribution < -0.4 is 15.6 Å². The zero-order chi connectivity index (χ0) is 30.4. The molecule has 1 aliphatic heterocycles. The fourth-order valence-electron chi connectivity index (χ4n) is 5.65. The van der Waals surface area contributed by atoms with Crippen LogP contribution in [0.3, 0.4) is 0 Å². The second-order valence-corrected chi connectivity index (χ2v) is 10.6. The zero-order valence-corrected chi connectivity index (χ0v) is 23.2. The SMILES string of the molecule is Cc1cc2cc(c1F)[C@@H](CC(=O)O)NC(=O)[C@@H](n1ccc3occc3c1=O)c1cc(ccc1F)COc1cccc(C)c1-2. The Balaban J connectivity index is 1.62. The van der Waals surface area contributed by atoms with Crippen LogP contribution in [-0.4, -0.2) is 21.6 Å². The Morgan fingerprint density at radius 1 is 1.02 bits per heavy atom. The number of rotatable bonds is 3. The molecule has 0 unspecified atom stereocenters. The van der Waals surface area contributed by atoms with E-state index >= 15 is 8.78 Å². The second-order valence-electron chi connectivity index (χ2n) is 10.6. The topological polar surface area (TPSA) is 111 Å². The maximum absolute atomic E-state index is 15.8. The Morgan fingerprint density at radius 3 is 2.63 bits per heavy atom. The highest BCUT2D eigenvalue weighted by Gasteiger charge is 2.32. The predicted molar refractivity (Wildman–Crippen MR) is 154 cm³/mol. The molecule has 0 spiro atoms. The van der Waals surface area contributed by atoms with E-state index in [1.807, 2.05) is 19.1 Å². The molecular weight excluding hydrogens is 558 g/mol. The molecule has 2 aromatic heterocycles. The predicted octanol–water partition coefficient (Wildman–Crippen LogP) is 5.97. The van der Waals surface area contributed by atoms with Crippen molar-refractivity contribution in [3.05, 3.63) is 123 Å². The molecule has 218 valence electrons. The first-order valence-corrected chi connectivity index (χ1v) is 13.5. The summed E-state index contributed by atoms with van der Waals surface area (Å²) in [6.07, 6.45) is 1.96. The van der Waals surface area contributed by atoms with Crippen molar-refractivity contribution in [2.75, 3.05) is 0 Å². The number of furan rings is 1. The van der Waals surface area contributed by atoms with E-state index in [-0.39, 0.29) is 34.3 Å². The number of nitrogens with one attached hydrogen (secondary N) is 1. The molecule has 1 amide bonds. The second kappa shape index (κ2) is 10.9. The van der Waals surface area contributed by atoms with Gasteiger partial charge in [0.15, 0.2) is 0 Å². The Hall–Kier alpha value is -5.25. The van der Waals surface area contributed by atoms with Gasteiger partial charge in [0, 0.05) is 22.9 Å². The van der Waals surface area contributed by atoms with Crippen LogP contribution in [0.5, 0.6) is 5.75 Å². The summed E-state index contributed by atoms with van der Waals surface area (Å²) in [4.78, 5) is 39.6. The molecule has 5 aromatic rings. The van der Waals surface area contributed by atoms with Crippen LogP contribution >= 0.6 is 0 Å². The van der Waals surface area contributed by atoms with Crippen LogP contribution in [0.2, 0.25) is 0 Å². The van der Waals surface area contributed by atoms with Gasteiger partial charge in [0.2, 0.25) is 5.91 Å². The number of carboxylic acid groups (broad SMARTS) is 1. The molecule has 3 heterocycles. The molecule has 0 radical (unpaired) electrons. The third-order valence-corrected chi connectivity index (χ3v) is 7.70. The first-order valence-electron chi connectivity index (χ1n) is 13.5. The Morgan fingerprint density at radius 2 is 1.84 bits per heavy atom. The summed E-state index contributed by atoms with van der Waals surface area (Å²) in [7, 11) is 0. The summed E-state index contributed by atoms with van der Waals surface area (Å²) in [5, 5.41) is 12.6. The molecule has 43 heavy (non-hydrogen) atoms. The number of pyridine rings is 1. The summed E-state index contributed by atoms with van der Waals surface area (Å²) in [6, 6.07) is 12.7. The molecule has 0 saturated carbocycles. The van der Waals surface area contributed by atoms with Crippen molar-refractivity contribution >= 4 is 22.8 Å². The zero-order valence-electron chi connectivity index (χ0n) is 23.2. The van der Waals surface area contributed by atoms with E-state index in [1.54, 1.807) is 19.1 Å². The Kier molecular flexibility index (Phi) is 7.05. The van der Waals surface area contributed by atoms with Gasteiger partial charge in [0.05, 0.1) is 24.1 Å². The fraction of sp³-hybridized carbons (Fsp3) is 0.182. The number of amides is 1. The lowest BCUT2D eigenvalue weighted by Crippen LogP contribution is -2.40. The van der Waals surface area contributed by atoms with Crippen molar-refractivity contribution in [3.8, 4) is 16.9 Å². The lowest BCUT2D eigenvalue weighted by molar-refractivity contribution is -0.137. The van der Waals surface area contributed by atoms with Gasteiger partial charge in [-0.1, -0.05) is 18.2 Å². The highest BCUT2D eigenvalue weighted by atomic mass is 19.1. The van der Waals surface area contributed by atoms with Crippen LogP contribution in [-0.2, 0) is 16.2 Å². The third-order valence-electron chi connectivity index (χ3n) is 7.70. The number of carbonyl (C=O) groups excluding carboxylic acids is 1. The molecule has 10 heteroatoms. The van der Waals surface area contributed by atoms with Crippen LogP contribution in [0, 0.1) is 25.5 Å². The lowest BCUT2D eigenvalue weighted by atomic mass is 9.91. The summed E-state index contributed by atoms with van der Waals surface area (Å²) in [5.74, 6) is -3.18. The minimum Gasteiger partial charge on any atom is -0.488 e. The average Bonchev–Trinajstić information content (AvgIpc) is 3.45. The van der Waals surface area contributed by atoms with Gasteiger partial charge in [-0.05, 0) is 78.6 Å². The number of hydrogen-bond donors (Lipinski definition) is 2. The maximum atomic E-state index is 15.8. The molecule has 0 fully saturated rings. The highest BCUT2D eigenvalue weighted by Crippen LogP contribution is 2.38. The first kappa shape index (κ1) is 27.9. The summed E-state index contributed by atoms with van der Waals surface area (Å²) in [6.45, 7) is 3.42. The molecule has 2 atom stereocenters. The van der Waals surface area contributed by atoms with Crippen molar-refractivity contribution in [1.82, 2.24) is 9.88 Å². The monoisotopic (exact) mass is 584 g/mol. The standard InChI is InChI=1S/C33H26F2N2O6/c1-17-4-3-5-27-29(17)20-12-18(2)30(35)23(14-20)25(15-28(38)39)36-32(40)31(22-13-19(16-43-27)6-7-24(22)34)37-10-8-26-21(33(37)41)9-11-42-26/h3-14,25,31H,15-16H2,1-2H3,(H,36,40)(H,38,39)/t25-,31+/m1/s1. The number of aryl methyl sites for hydroxylation is 2. The molecule has 6 rings (SSSR count). The number of nitrogens with zero attached hydrogens (tertiary/aromatic N) is 1. The molecule has 3 aromatic carbocycles. The minimum atomic E-state index is -1.58. The number of aromatic nitrogens is 1. The van der Waals surface area contributed by atoms with Crippen molar-refractivity contribution in [1.29, 1.82) is 0 Å². The summed E-state index contributed by atoms with van der Waals surface area (Å²) < 4.78 is 43.9. The Bertz CT molecular complexity index is 1980. The normalized spacial score (nSPS) is 16.6. The van der Waals surface area contributed by atoms with E-state index < -0.39 is 47.6 Å². The largest absolute Gasteiger partial charge is 0.488 e. The van der Waals surface area contributed by atoms with E-state index in [9.17, 15) is 19.5 Å². The van der Waals surface area contributed by atoms with E-state index in [4.69, 9.17) is 9.15 Å². The van der Waals surface area contributed by atoms with Gasteiger partial charge in [-0.2, -0.15) is 0 Å². The number of halogens is 2. The van der Waals surface area contributed by atoms with Crippen molar-refractivity contribution < 1.29 is 32.6 Å². The van der Waals surface area contributed by atoms with Gasteiger partial charge in [0.1, 0.15) is 35.6 Å². The summed E-state index contributed by atoms with van der Waals surface area (Å²) >= 11 is 0. The smallest absolute Gasteiger partial charge is 0.305 e. The number of aliphatic carboxylic acids is 1. The molecule has 4 bridgehead atoms. The van der Waals surface area contributed by atoms with Gasteiger partial charge in [-0.3, -0.25) is 19.0 Å². The molecule has 0 saturated heterocycles. The summed E-state index contributed by atoms with van der Waals surface area (Å²) in [5.41, 5.74) is 2.25. The van der Waals surface area contributed by atoms with Gasteiger partial charge >= 0.3 is 5.97 Å². The number of fused-ring (bicyclic) bond motifs is 7. The number of carboxylic acids is 1. The minimum absolute atomic E-state index is 0.00239. The highest BCUT2D eigenvalue weighted by molar-refractivity contribution is 5.86. The average molecular weight is 585 g/mol. The van der Waals surface area contributed by atoms with E-state index in [0.717, 1.165) is 10.1 Å². The third kappa shape index (κ3) is 5.05. The van der Waals surface area contributed by atoms with Gasteiger partial charge < -0.3 is 19.6 Å². The Labute approximate surface area is 244 Å². The van der Waals surface area contributed by atoms with E-state index in [2.05, 4.69) is 5.32 Å². The molecule has 2 N–H and O–H groups in total. The van der Waals surface area contributed by atoms with Crippen LogP contribution in [0.4, 0.5) is 8.78 Å². The lowest BCUT2D eigenvalue weighted by Gasteiger charge is -2.26. The number of benzene rings is 3. The number of ether oxygens (including phenoxy) is 1. The molecule has 1 aliphatic rings. The van der Waals surface area contributed by atoms with Crippen LogP contribution in [0.25, 0.3) is 22.1 Å². The van der Waals surface area contributed by atoms with Crippen molar-refractivity contribution in [3.63, 3.8) is 0 Å². The quantitative estimate of drug-likeness (QED) is 0.270. The van der Waals surface area contributed by atoms with Crippen molar-refractivity contribution in [2.24, 2.45) is 0 Å². The molecule has 8 nitrogen and oxygen atoms in total. The number of hydrogen-bond acceptors (Lipinski definition) is 5. The van der Waals surface area contributed by atoms with Crippen LogP contribution in [0.15, 0.2) is 82.3 Å². The van der Waals surface area contributed by atoms with E-state index in [0.29, 0.717) is 22.4 Å². The number of carbonyl (C=O) groups is 2.